The highest BCUT2D eigenvalue weighted by Gasteiger charge is 2.08. The number of hydrogen-bond acceptors (Lipinski definition) is 3. The summed E-state index contributed by atoms with van der Waals surface area (Å²) in [6.07, 6.45) is 1.24. The van der Waals surface area contributed by atoms with Crippen molar-refractivity contribution in [3.8, 4) is 0 Å². The van der Waals surface area contributed by atoms with E-state index in [9.17, 15) is 0 Å². The smallest absolute Gasteiger partial charge is 0.126 e. The first-order valence-corrected chi connectivity index (χ1v) is 7.11. The number of anilines is 1. The fourth-order valence-electron chi connectivity index (χ4n) is 1.95. The lowest BCUT2D eigenvalue weighted by Gasteiger charge is -2.23. The third-order valence-electron chi connectivity index (χ3n) is 3.26. The van der Waals surface area contributed by atoms with Crippen molar-refractivity contribution in [3.05, 3.63) is 23.9 Å². The molecule has 0 aliphatic heterocycles. The minimum Gasteiger partial charge on any atom is -0.370 e. The van der Waals surface area contributed by atoms with Crippen molar-refractivity contribution >= 4 is 5.82 Å². The van der Waals surface area contributed by atoms with Crippen molar-refractivity contribution < 1.29 is 0 Å². The molecule has 102 valence electrons. The van der Waals surface area contributed by atoms with Gasteiger partial charge in [-0.2, -0.15) is 0 Å². The van der Waals surface area contributed by atoms with Gasteiger partial charge in [0.2, 0.25) is 0 Å². The molecule has 0 amide bonds. The summed E-state index contributed by atoms with van der Waals surface area (Å²) in [5.41, 5.74) is 1.15. The van der Waals surface area contributed by atoms with Crippen LogP contribution in [0.3, 0.4) is 0 Å². The Morgan fingerprint density at radius 2 is 2.06 bits per heavy atom. The van der Waals surface area contributed by atoms with Crippen molar-refractivity contribution in [2.75, 3.05) is 25.0 Å². The zero-order chi connectivity index (χ0) is 13.4. The SMILES string of the molecule is CCNc1cccc(CN(CC)CC(C)CC)n1. The third kappa shape index (κ3) is 5.05. The van der Waals surface area contributed by atoms with Crippen molar-refractivity contribution in [1.29, 1.82) is 0 Å². The molecule has 0 saturated carbocycles. The minimum absolute atomic E-state index is 0.752. The maximum absolute atomic E-state index is 4.63. The molecule has 0 aromatic carbocycles. The molecule has 0 spiro atoms. The fourth-order valence-corrected chi connectivity index (χ4v) is 1.95. The molecule has 0 aliphatic carbocycles. The van der Waals surface area contributed by atoms with Crippen LogP contribution in [-0.2, 0) is 6.54 Å². The molecule has 18 heavy (non-hydrogen) atoms. The highest BCUT2D eigenvalue weighted by atomic mass is 15.1. The van der Waals surface area contributed by atoms with Gasteiger partial charge in [0.15, 0.2) is 0 Å². The van der Waals surface area contributed by atoms with Gasteiger partial charge in [-0.3, -0.25) is 4.90 Å². The van der Waals surface area contributed by atoms with Crippen LogP contribution in [-0.4, -0.2) is 29.5 Å². The van der Waals surface area contributed by atoms with Gasteiger partial charge >= 0.3 is 0 Å². The number of hydrogen-bond donors (Lipinski definition) is 1. The maximum Gasteiger partial charge on any atom is 0.126 e. The van der Waals surface area contributed by atoms with Crippen LogP contribution in [0.2, 0.25) is 0 Å². The first-order chi connectivity index (χ1) is 8.69. The van der Waals surface area contributed by atoms with E-state index in [-0.39, 0.29) is 0 Å². The molecule has 3 nitrogen and oxygen atoms in total. The Balaban J connectivity index is 2.60. The molecular formula is C15H27N3. The summed E-state index contributed by atoms with van der Waals surface area (Å²) in [6, 6.07) is 6.22. The normalized spacial score (nSPS) is 12.7. The van der Waals surface area contributed by atoms with Gasteiger partial charge in [0.1, 0.15) is 5.82 Å². The number of rotatable bonds is 8. The van der Waals surface area contributed by atoms with Crippen LogP contribution in [0, 0.1) is 5.92 Å². The van der Waals surface area contributed by atoms with Crippen LogP contribution >= 0.6 is 0 Å². The van der Waals surface area contributed by atoms with Gasteiger partial charge in [0.25, 0.3) is 0 Å². The van der Waals surface area contributed by atoms with Crippen LogP contribution in [0.15, 0.2) is 18.2 Å². The largest absolute Gasteiger partial charge is 0.370 e. The molecule has 1 N–H and O–H groups in total. The molecule has 1 aromatic heterocycles. The molecule has 0 saturated heterocycles. The molecule has 1 rings (SSSR count). The average molecular weight is 249 g/mol. The molecule has 0 fully saturated rings. The monoisotopic (exact) mass is 249 g/mol. The van der Waals surface area contributed by atoms with Crippen LogP contribution in [0.4, 0.5) is 5.82 Å². The molecular weight excluding hydrogens is 222 g/mol. The first kappa shape index (κ1) is 15.0. The fraction of sp³-hybridized carbons (Fsp3) is 0.667. The van der Waals surface area contributed by atoms with Crippen molar-refractivity contribution in [1.82, 2.24) is 9.88 Å². The number of pyridine rings is 1. The predicted molar refractivity (Wildman–Crippen MR) is 78.8 cm³/mol. The number of aromatic nitrogens is 1. The third-order valence-corrected chi connectivity index (χ3v) is 3.26. The summed E-state index contributed by atoms with van der Waals surface area (Å²) >= 11 is 0. The summed E-state index contributed by atoms with van der Waals surface area (Å²) in [4.78, 5) is 7.10. The second-order valence-electron chi connectivity index (χ2n) is 4.89. The van der Waals surface area contributed by atoms with Gasteiger partial charge < -0.3 is 5.32 Å². The van der Waals surface area contributed by atoms with E-state index in [0.717, 1.165) is 43.6 Å². The van der Waals surface area contributed by atoms with Gasteiger partial charge in [-0.05, 0) is 31.5 Å². The van der Waals surface area contributed by atoms with Crippen LogP contribution in [0.5, 0.6) is 0 Å². The topological polar surface area (TPSA) is 28.2 Å². The van der Waals surface area contributed by atoms with E-state index in [1.165, 1.54) is 6.42 Å². The lowest BCUT2D eigenvalue weighted by molar-refractivity contribution is 0.235. The van der Waals surface area contributed by atoms with E-state index in [0.29, 0.717) is 0 Å². The van der Waals surface area contributed by atoms with E-state index < -0.39 is 0 Å². The number of nitrogens with one attached hydrogen (secondary N) is 1. The second kappa shape index (κ2) is 8.09. The Morgan fingerprint density at radius 1 is 1.28 bits per heavy atom. The Bertz CT molecular complexity index is 338. The van der Waals surface area contributed by atoms with E-state index in [1.807, 2.05) is 6.07 Å². The summed E-state index contributed by atoms with van der Waals surface area (Å²) in [5, 5.41) is 3.26. The molecule has 1 aromatic rings. The standard InChI is InChI=1S/C15H27N3/c1-5-13(4)11-18(7-3)12-14-9-8-10-15(17-14)16-6-2/h8-10,13H,5-7,11-12H2,1-4H3,(H,16,17). The van der Waals surface area contributed by atoms with E-state index in [2.05, 4.69) is 55.0 Å². The Labute approximate surface area is 112 Å². The van der Waals surface area contributed by atoms with Crippen molar-refractivity contribution in [2.24, 2.45) is 5.92 Å². The molecule has 0 aliphatic rings. The maximum atomic E-state index is 4.63. The van der Waals surface area contributed by atoms with Gasteiger partial charge in [0.05, 0.1) is 5.69 Å². The van der Waals surface area contributed by atoms with Crippen LogP contribution in [0.1, 0.15) is 39.8 Å². The minimum atomic E-state index is 0.752. The highest BCUT2D eigenvalue weighted by molar-refractivity contribution is 5.34. The lowest BCUT2D eigenvalue weighted by atomic mass is 10.1. The quantitative estimate of drug-likeness (QED) is 0.765. The van der Waals surface area contributed by atoms with Gasteiger partial charge in [-0.25, -0.2) is 4.98 Å². The Kier molecular flexibility index (Phi) is 6.73. The summed E-state index contributed by atoms with van der Waals surface area (Å²) in [7, 11) is 0. The lowest BCUT2D eigenvalue weighted by Crippen LogP contribution is -2.28. The molecule has 1 atom stereocenters. The van der Waals surface area contributed by atoms with Crippen LogP contribution in [0.25, 0.3) is 0 Å². The van der Waals surface area contributed by atoms with Gasteiger partial charge in [-0.1, -0.05) is 33.3 Å². The zero-order valence-electron chi connectivity index (χ0n) is 12.2. The van der Waals surface area contributed by atoms with Crippen molar-refractivity contribution in [2.45, 2.75) is 40.7 Å². The van der Waals surface area contributed by atoms with Gasteiger partial charge in [-0.15, -0.1) is 0 Å². The highest BCUT2D eigenvalue weighted by Crippen LogP contribution is 2.10. The first-order valence-electron chi connectivity index (χ1n) is 7.11. The molecule has 1 heterocycles. The Morgan fingerprint density at radius 3 is 2.67 bits per heavy atom. The van der Waals surface area contributed by atoms with Crippen molar-refractivity contribution in [3.63, 3.8) is 0 Å². The number of nitrogens with zero attached hydrogens (tertiary/aromatic N) is 2. The second-order valence-corrected chi connectivity index (χ2v) is 4.89. The van der Waals surface area contributed by atoms with E-state index >= 15 is 0 Å². The van der Waals surface area contributed by atoms with Gasteiger partial charge in [0, 0.05) is 19.6 Å². The molecule has 3 heteroatoms. The van der Waals surface area contributed by atoms with Crippen LogP contribution < -0.4 is 5.32 Å². The van der Waals surface area contributed by atoms with E-state index in [1.54, 1.807) is 0 Å². The zero-order valence-corrected chi connectivity index (χ0v) is 12.2. The summed E-state index contributed by atoms with van der Waals surface area (Å²) in [6.45, 7) is 13.0. The predicted octanol–water partition coefficient (Wildman–Crippen LogP) is 3.38. The van der Waals surface area contributed by atoms with E-state index in [4.69, 9.17) is 0 Å². The summed E-state index contributed by atoms with van der Waals surface area (Å²) < 4.78 is 0. The molecule has 0 radical (unpaired) electrons. The molecule has 0 bridgehead atoms. The Hall–Kier alpha value is -1.09. The molecule has 1 unspecified atom stereocenters. The summed E-state index contributed by atoms with van der Waals surface area (Å²) in [5.74, 6) is 1.73. The average Bonchev–Trinajstić information content (AvgIpc) is 2.38.